The number of aliphatic imine (C=N–C) groups is 1. The molecule has 0 amide bonds. The minimum absolute atomic E-state index is 0.0452. The SMILES string of the molecule is CCC1CCC(c2ccccc2N=C(SCCO)c2cn(C)nc2C(F)F)C1. The summed E-state index contributed by atoms with van der Waals surface area (Å²) in [5.41, 5.74) is 2.08. The maximum atomic E-state index is 13.5. The van der Waals surface area contributed by atoms with Crippen LogP contribution in [0.3, 0.4) is 0 Å². The predicted octanol–water partition coefficient (Wildman–Crippen LogP) is 5.46. The first-order chi connectivity index (χ1) is 13.5. The van der Waals surface area contributed by atoms with Gasteiger partial charge in [-0.25, -0.2) is 13.8 Å². The monoisotopic (exact) mass is 407 g/mol. The molecule has 0 bridgehead atoms. The van der Waals surface area contributed by atoms with Gasteiger partial charge in [-0.1, -0.05) is 31.5 Å². The summed E-state index contributed by atoms with van der Waals surface area (Å²) in [5, 5.41) is 13.6. The zero-order valence-electron chi connectivity index (χ0n) is 16.3. The number of aromatic nitrogens is 2. The number of aliphatic hydroxyl groups excluding tert-OH is 1. The molecular formula is C21H27F2N3OS. The molecule has 1 aromatic carbocycles. The summed E-state index contributed by atoms with van der Waals surface area (Å²) in [6.07, 6.45) is 3.61. The molecule has 152 valence electrons. The fraction of sp³-hybridized carbons (Fsp3) is 0.524. The van der Waals surface area contributed by atoms with Crippen molar-refractivity contribution < 1.29 is 13.9 Å². The Labute approximate surface area is 169 Å². The Morgan fingerprint density at radius 2 is 2.14 bits per heavy atom. The molecule has 2 atom stereocenters. The van der Waals surface area contributed by atoms with Crippen molar-refractivity contribution in [1.82, 2.24) is 9.78 Å². The minimum atomic E-state index is -2.67. The third kappa shape index (κ3) is 4.81. The van der Waals surface area contributed by atoms with Crippen LogP contribution in [0.2, 0.25) is 0 Å². The van der Waals surface area contributed by atoms with Crippen LogP contribution in [0.5, 0.6) is 0 Å². The topological polar surface area (TPSA) is 50.4 Å². The van der Waals surface area contributed by atoms with Crippen molar-refractivity contribution in [3.63, 3.8) is 0 Å². The summed E-state index contributed by atoms with van der Waals surface area (Å²) in [7, 11) is 1.63. The lowest BCUT2D eigenvalue weighted by molar-refractivity contribution is 0.145. The Hall–Kier alpha value is -1.73. The van der Waals surface area contributed by atoms with Gasteiger partial charge in [0.25, 0.3) is 6.43 Å². The molecular weight excluding hydrogens is 380 g/mol. The van der Waals surface area contributed by atoms with Crippen LogP contribution in [-0.4, -0.2) is 32.3 Å². The summed E-state index contributed by atoms with van der Waals surface area (Å²) in [4.78, 5) is 4.80. The van der Waals surface area contributed by atoms with E-state index in [1.165, 1.54) is 34.8 Å². The van der Waals surface area contributed by atoms with Crippen LogP contribution in [0.15, 0.2) is 35.5 Å². The number of rotatable bonds is 7. The summed E-state index contributed by atoms with van der Waals surface area (Å²) >= 11 is 1.28. The largest absolute Gasteiger partial charge is 0.396 e. The van der Waals surface area contributed by atoms with Gasteiger partial charge in [-0.2, -0.15) is 5.10 Å². The van der Waals surface area contributed by atoms with E-state index in [-0.39, 0.29) is 12.3 Å². The molecule has 0 aliphatic heterocycles. The van der Waals surface area contributed by atoms with E-state index in [0.717, 1.165) is 24.4 Å². The van der Waals surface area contributed by atoms with E-state index in [1.54, 1.807) is 13.2 Å². The normalized spacial score (nSPS) is 20.3. The molecule has 0 radical (unpaired) electrons. The van der Waals surface area contributed by atoms with Crippen LogP contribution in [0, 0.1) is 5.92 Å². The highest BCUT2D eigenvalue weighted by molar-refractivity contribution is 8.14. The van der Waals surface area contributed by atoms with Gasteiger partial charge in [0.05, 0.1) is 17.9 Å². The van der Waals surface area contributed by atoms with Crippen LogP contribution < -0.4 is 0 Å². The second-order valence-corrected chi connectivity index (χ2v) is 8.32. The minimum Gasteiger partial charge on any atom is -0.396 e. The van der Waals surface area contributed by atoms with Gasteiger partial charge in [0.2, 0.25) is 0 Å². The van der Waals surface area contributed by atoms with Crippen molar-refractivity contribution in [3.8, 4) is 0 Å². The number of hydrogen-bond donors (Lipinski definition) is 1. The number of nitrogens with zero attached hydrogens (tertiary/aromatic N) is 3. The summed E-state index contributed by atoms with van der Waals surface area (Å²) in [6.45, 7) is 2.19. The molecule has 1 aromatic heterocycles. The number of alkyl halides is 2. The summed E-state index contributed by atoms with van der Waals surface area (Å²) in [5.74, 6) is 1.59. The fourth-order valence-electron chi connectivity index (χ4n) is 3.92. The number of aliphatic hydroxyl groups is 1. The highest BCUT2D eigenvalue weighted by Crippen LogP contribution is 2.43. The molecule has 7 heteroatoms. The first-order valence-corrected chi connectivity index (χ1v) is 10.7. The Morgan fingerprint density at radius 3 is 2.82 bits per heavy atom. The highest BCUT2D eigenvalue weighted by atomic mass is 32.2. The van der Waals surface area contributed by atoms with E-state index in [4.69, 9.17) is 4.99 Å². The Balaban J connectivity index is 2.00. The molecule has 2 aromatic rings. The Kier molecular flexibility index (Phi) is 7.24. The number of aryl methyl sites for hydroxylation is 1. The van der Waals surface area contributed by atoms with Crippen LogP contribution in [0.4, 0.5) is 14.5 Å². The van der Waals surface area contributed by atoms with Crippen molar-refractivity contribution in [3.05, 3.63) is 47.3 Å². The van der Waals surface area contributed by atoms with Crippen LogP contribution >= 0.6 is 11.8 Å². The Morgan fingerprint density at radius 1 is 1.36 bits per heavy atom. The van der Waals surface area contributed by atoms with Crippen molar-refractivity contribution >= 4 is 22.5 Å². The van der Waals surface area contributed by atoms with E-state index < -0.39 is 6.43 Å². The Bertz CT molecular complexity index is 822. The molecule has 1 aliphatic rings. The molecule has 3 rings (SSSR count). The lowest BCUT2D eigenvalue weighted by Gasteiger charge is -2.15. The van der Waals surface area contributed by atoms with Gasteiger partial charge in [0.15, 0.2) is 0 Å². The van der Waals surface area contributed by atoms with Crippen molar-refractivity contribution in [2.45, 2.75) is 45.0 Å². The molecule has 1 saturated carbocycles. The van der Waals surface area contributed by atoms with E-state index in [9.17, 15) is 13.9 Å². The standard InChI is InChI=1S/C21H27F2N3OS/c1-3-14-8-9-15(12-14)16-6-4-5-7-18(16)24-21(28-11-10-27)17-13-26(2)25-19(17)20(22)23/h4-7,13-15,20,27H,3,8-12H2,1-2H3. The molecule has 1 fully saturated rings. The average molecular weight is 408 g/mol. The summed E-state index contributed by atoms with van der Waals surface area (Å²) in [6, 6.07) is 8.00. The van der Waals surface area contributed by atoms with E-state index >= 15 is 0 Å². The number of para-hydroxylation sites is 1. The second-order valence-electron chi connectivity index (χ2n) is 7.23. The van der Waals surface area contributed by atoms with Crippen molar-refractivity contribution in [1.29, 1.82) is 0 Å². The molecule has 1 aliphatic carbocycles. The van der Waals surface area contributed by atoms with Crippen LogP contribution in [-0.2, 0) is 7.05 Å². The van der Waals surface area contributed by atoms with Crippen molar-refractivity contribution in [2.24, 2.45) is 18.0 Å². The smallest absolute Gasteiger partial charge is 0.282 e. The van der Waals surface area contributed by atoms with Crippen molar-refractivity contribution in [2.75, 3.05) is 12.4 Å². The van der Waals surface area contributed by atoms with Gasteiger partial charge >= 0.3 is 0 Å². The van der Waals surface area contributed by atoms with Gasteiger partial charge < -0.3 is 5.11 Å². The lowest BCUT2D eigenvalue weighted by Crippen LogP contribution is -2.03. The average Bonchev–Trinajstić information content (AvgIpc) is 3.32. The third-order valence-electron chi connectivity index (χ3n) is 5.34. The molecule has 0 spiro atoms. The van der Waals surface area contributed by atoms with Crippen LogP contribution in [0.1, 0.15) is 61.8 Å². The maximum Gasteiger partial charge on any atom is 0.282 e. The third-order valence-corrected chi connectivity index (χ3v) is 6.31. The zero-order chi connectivity index (χ0) is 20.1. The molecule has 1 heterocycles. The lowest BCUT2D eigenvalue weighted by atomic mass is 9.94. The first-order valence-electron chi connectivity index (χ1n) is 9.76. The summed E-state index contributed by atoms with van der Waals surface area (Å²) < 4.78 is 28.3. The van der Waals surface area contributed by atoms with Gasteiger partial charge in [-0.05, 0) is 42.7 Å². The zero-order valence-corrected chi connectivity index (χ0v) is 17.1. The second kappa shape index (κ2) is 9.65. The molecule has 2 unspecified atom stereocenters. The number of hydrogen-bond acceptors (Lipinski definition) is 4. The van der Waals surface area contributed by atoms with Gasteiger partial charge in [0.1, 0.15) is 10.7 Å². The maximum absolute atomic E-state index is 13.5. The molecule has 28 heavy (non-hydrogen) atoms. The fourth-order valence-corrected chi connectivity index (χ4v) is 4.68. The van der Waals surface area contributed by atoms with Gasteiger partial charge in [0, 0.05) is 19.0 Å². The van der Waals surface area contributed by atoms with E-state index in [2.05, 4.69) is 18.1 Å². The first kappa shape index (κ1) is 21.0. The number of halogens is 2. The number of benzene rings is 1. The molecule has 0 saturated heterocycles. The quantitative estimate of drug-likeness (QED) is 0.490. The van der Waals surface area contributed by atoms with Gasteiger partial charge in [-0.3, -0.25) is 4.68 Å². The highest BCUT2D eigenvalue weighted by Gasteiger charge is 2.27. The molecule has 4 nitrogen and oxygen atoms in total. The van der Waals surface area contributed by atoms with E-state index in [0.29, 0.717) is 22.3 Å². The molecule has 1 N–H and O–H groups in total. The predicted molar refractivity (Wildman–Crippen MR) is 111 cm³/mol. The number of thioether (sulfide) groups is 1. The van der Waals surface area contributed by atoms with Gasteiger partial charge in [-0.15, -0.1) is 11.8 Å². The van der Waals surface area contributed by atoms with E-state index in [1.807, 2.05) is 18.2 Å². The van der Waals surface area contributed by atoms with Crippen LogP contribution in [0.25, 0.3) is 0 Å².